The van der Waals surface area contributed by atoms with Crippen molar-refractivity contribution in [2.24, 2.45) is 5.92 Å². The number of benzene rings is 1. The molecule has 1 unspecified atom stereocenters. The number of carbonyl (C=O) groups is 2. The summed E-state index contributed by atoms with van der Waals surface area (Å²) in [5, 5.41) is 1.90. The van der Waals surface area contributed by atoms with Crippen molar-refractivity contribution in [1.29, 1.82) is 0 Å². The highest BCUT2D eigenvalue weighted by molar-refractivity contribution is 7.11. The Bertz CT molecular complexity index is 907. The van der Waals surface area contributed by atoms with Gasteiger partial charge in [-0.3, -0.25) is 14.5 Å². The molecule has 4 rings (SSSR count). The fourth-order valence-corrected chi connectivity index (χ4v) is 4.60. The lowest BCUT2D eigenvalue weighted by atomic mass is 9.99. The van der Waals surface area contributed by atoms with Gasteiger partial charge in [0, 0.05) is 23.5 Å². The summed E-state index contributed by atoms with van der Waals surface area (Å²) < 4.78 is 14.1. The number of hydrogen-bond acceptors (Lipinski definition) is 4. The lowest BCUT2D eigenvalue weighted by Crippen LogP contribution is -2.39. The first kappa shape index (κ1) is 17.9. The minimum Gasteiger partial charge on any atom is -0.366 e. The smallest absolute Gasteiger partial charge is 0.278 e. The minimum absolute atomic E-state index is 0.0495. The zero-order valence-corrected chi connectivity index (χ0v) is 16.0. The fraction of sp³-hybridized carbons (Fsp3) is 0.333. The number of amides is 2. The highest BCUT2D eigenvalue weighted by atomic mass is 32.1. The predicted octanol–water partition coefficient (Wildman–Crippen LogP) is 3.90. The van der Waals surface area contributed by atoms with Gasteiger partial charge in [-0.15, -0.1) is 11.3 Å². The van der Waals surface area contributed by atoms with Crippen LogP contribution in [0.3, 0.4) is 0 Å². The Hall–Kier alpha value is -2.47. The summed E-state index contributed by atoms with van der Waals surface area (Å²) in [5.74, 6) is -0.588. The second kappa shape index (κ2) is 7.27. The first-order valence-electron chi connectivity index (χ1n) is 9.19. The number of piperidine rings is 1. The first-order chi connectivity index (χ1) is 13.1. The van der Waals surface area contributed by atoms with Crippen molar-refractivity contribution in [3.8, 4) is 0 Å². The molecule has 4 nitrogen and oxygen atoms in total. The van der Waals surface area contributed by atoms with E-state index in [0.29, 0.717) is 22.8 Å². The van der Waals surface area contributed by atoms with Gasteiger partial charge in [-0.25, -0.2) is 4.39 Å². The van der Waals surface area contributed by atoms with Crippen LogP contribution in [-0.2, 0) is 16.1 Å². The molecule has 2 aliphatic heterocycles. The van der Waals surface area contributed by atoms with Crippen molar-refractivity contribution in [3.63, 3.8) is 0 Å². The molecule has 0 saturated carbocycles. The first-order valence-corrected chi connectivity index (χ1v) is 10.1. The lowest BCUT2D eigenvalue weighted by molar-refractivity contribution is -0.138. The number of thiophene rings is 1. The molecule has 1 atom stereocenters. The lowest BCUT2D eigenvalue weighted by Gasteiger charge is -2.33. The largest absolute Gasteiger partial charge is 0.366 e. The number of halogens is 1. The third-order valence-corrected chi connectivity index (χ3v) is 6.06. The molecule has 0 spiro atoms. The summed E-state index contributed by atoms with van der Waals surface area (Å²) >= 11 is 1.45. The van der Waals surface area contributed by atoms with E-state index in [9.17, 15) is 14.0 Å². The molecule has 1 fully saturated rings. The van der Waals surface area contributed by atoms with E-state index >= 15 is 0 Å². The van der Waals surface area contributed by atoms with Crippen LogP contribution >= 0.6 is 11.3 Å². The van der Waals surface area contributed by atoms with Crippen molar-refractivity contribution in [2.45, 2.75) is 26.3 Å². The molecule has 0 radical (unpaired) electrons. The monoisotopic (exact) mass is 384 g/mol. The molecule has 6 heteroatoms. The summed E-state index contributed by atoms with van der Waals surface area (Å²) in [6, 6.07) is 10.0. The van der Waals surface area contributed by atoms with Gasteiger partial charge >= 0.3 is 0 Å². The van der Waals surface area contributed by atoms with Crippen LogP contribution in [0.1, 0.15) is 30.2 Å². The van der Waals surface area contributed by atoms with Crippen LogP contribution in [0.5, 0.6) is 0 Å². The van der Waals surface area contributed by atoms with Crippen LogP contribution in [0.15, 0.2) is 47.5 Å². The molecule has 140 valence electrons. The fourth-order valence-electron chi connectivity index (χ4n) is 3.83. The molecule has 3 heterocycles. The van der Waals surface area contributed by atoms with Crippen molar-refractivity contribution in [1.82, 2.24) is 9.80 Å². The maximum Gasteiger partial charge on any atom is 0.278 e. The Morgan fingerprint density at radius 3 is 2.67 bits per heavy atom. The predicted molar refractivity (Wildman–Crippen MR) is 103 cm³/mol. The second-order valence-electron chi connectivity index (χ2n) is 7.18. The van der Waals surface area contributed by atoms with Gasteiger partial charge < -0.3 is 4.90 Å². The summed E-state index contributed by atoms with van der Waals surface area (Å²) in [6.45, 7) is 3.64. The molecule has 27 heavy (non-hydrogen) atoms. The van der Waals surface area contributed by atoms with E-state index in [4.69, 9.17) is 0 Å². The van der Waals surface area contributed by atoms with Crippen LogP contribution in [0.25, 0.3) is 5.57 Å². The number of imide groups is 1. The van der Waals surface area contributed by atoms with Crippen LogP contribution < -0.4 is 0 Å². The molecular weight excluding hydrogens is 363 g/mol. The molecule has 1 aromatic heterocycles. The zero-order valence-electron chi connectivity index (χ0n) is 15.2. The Labute approximate surface area is 161 Å². The Balaban J connectivity index is 1.72. The molecule has 2 aliphatic rings. The van der Waals surface area contributed by atoms with Crippen LogP contribution in [-0.4, -0.2) is 34.7 Å². The highest BCUT2D eigenvalue weighted by Crippen LogP contribution is 2.36. The van der Waals surface area contributed by atoms with Gasteiger partial charge in [-0.05, 0) is 36.3 Å². The molecular formula is C21H21FN2O2S. The maximum atomic E-state index is 14.1. The molecule has 0 N–H and O–H groups in total. The van der Waals surface area contributed by atoms with Crippen molar-refractivity contribution >= 4 is 28.7 Å². The third-order valence-electron chi connectivity index (χ3n) is 5.17. The molecule has 1 saturated heterocycles. The van der Waals surface area contributed by atoms with Gasteiger partial charge in [-0.2, -0.15) is 0 Å². The van der Waals surface area contributed by atoms with Gasteiger partial charge in [0.05, 0.1) is 12.1 Å². The van der Waals surface area contributed by atoms with Gasteiger partial charge in [0.15, 0.2) is 0 Å². The van der Waals surface area contributed by atoms with E-state index in [1.807, 2.05) is 22.4 Å². The molecule has 1 aromatic carbocycles. The van der Waals surface area contributed by atoms with E-state index in [2.05, 4.69) is 6.92 Å². The Kier molecular flexibility index (Phi) is 4.83. The second-order valence-corrected chi connectivity index (χ2v) is 8.13. The average Bonchev–Trinajstić information content (AvgIpc) is 3.25. The highest BCUT2D eigenvalue weighted by Gasteiger charge is 2.42. The average molecular weight is 384 g/mol. The van der Waals surface area contributed by atoms with Gasteiger partial charge in [0.1, 0.15) is 11.5 Å². The number of likely N-dealkylation sites (tertiary alicyclic amines) is 1. The van der Waals surface area contributed by atoms with E-state index in [-0.39, 0.29) is 18.4 Å². The van der Waals surface area contributed by atoms with Crippen LogP contribution in [0.2, 0.25) is 0 Å². The molecule has 2 aromatic rings. The van der Waals surface area contributed by atoms with Crippen molar-refractivity contribution < 1.29 is 14.0 Å². The normalized spacial score (nSPS) is 20.7. The topological polar surface area (TPSA) is 40.6 Å². The summed E-state index contributed by atoms with van der Waals surface area (Å²) in [6.07, 6.45) is 2.12. The Morgan fingerprint density at radius 1 is 1.15 bits per heavy atom. The maximum absolute atomic E-state index is 14.1. The van der Waals surface area contributed by atoms with Crippen LogP contribution in [0, 0.1) is 11.7 Å². The number of rotatable bonds is 4. The van der Waals surface area contributed by atoms with Gasteiger partial charge in [0.2, 0.25) is 0 Å². The van der Waals surface area contributed by atoms with E-state index in [0.717, 1.165) is 30.8 Å². The molecule has 0 aliphatic carbocycles. The summed E-state index contributed by atoms with van der Waals surface area (Å²) in [7, 11) is 0. The van der Waals surface area contributed by atoms with Crippen LogP contribution in [0.4, 0.5) is 4.39 Å². The third kappa shape index (κ3) is 3.30. The molecule has 0 bridgehead atoms. The Morgan fingerprint density at radius 2 is 1.96 bits per heavy atom. The zero-order chi connectivity index (χ0) is 19.0. The van der Waals surface area contributed by atoms with E-state index < -0.39 is 5.82 Å². The summed E-state index contributed by atoms with van der Waals surface area (Å²) in [5.41, 5.74) is 1.28. The number of nitrogens with zero attached hydrogens (tertiary/aromatic N) is 2. The van der Waals surface area contributed by atoms with Crippen molar-refractivity contribution in [3.05, 3.63) is 63.7 Å². The van der Waals surface area contributed by atoms with E-state index in [1.165, 1.54) is 22.3 Å². The van der Waals surface area contributed by atoms with Gasteiger partial charge in [-0.1, -0.05) is 31.2 Å². The number of hydrogen-bond donors (Lipinski definition) is 0. The number of carbonyl (C=O) groups excluding carboxylic acids is 2. The minimum atomic E-state index is -0.407. The standard InChI is InChI=1S/C21H21FN2O2S/c1-14-6-4-10-23(12-14)19-18(17-9-5-11-27-17)20(25)24(21(19)26)13-15-7-2-3-8-16(15)22/h2-3,5,7-9,11,14H,4,6,10,12-13H2,1H3. The van der Waals surface area contributed by atoms with Gasteiger partial charge in [0.25, 0.3) is 11.8 Å². The SMILES string of the molecule is CC1CCCN(C2=C(c3cccs3)C(=O)N(Cc3ccccc3F)C2=O)C1. The van der Waals surface area contributed by atoms with Crippen molar-refractivity contribution in [2.75, 3.05) is 13.1 Å². The summed E-state index contributed by atoms with van der Waals surface area (Å²) in [4.78, 5) is 30.4. The quantitative estimate of drug-likeness (QED) is 0.751. The van der Waals surface area contributed by atoms with E-state index in [1.54, 1.807) is 18.2 Å². The molecule has 2 amide bonds.